The molecule has 0 spiro atoms. The highest BCUT2D eigenvalue weighted by Gasteiger charge is 2.21. The highest BCUT2D eigenvalue weighted by Crippen LogP contribution is 2.29. The third kappa shape index (κ3) is 6.45. The first-order valence-corrected chi connectivity index (χ1v) is 12.8. The fraction of sp³-hybridized carbons (Fsp3) is 0.304. The fourth-order valence-corrected chi connectivity index (χ4v) is 5.26. The van der Waals surface area contributed by atoms with E-state index in [1.165, 1.54) is 30.6 Å². The standard InChI is InChI=1S/C23H27N3O5S2/c1-5-31-18-9-6-16(7-10-18)26-33(28,29)21-13-17(8-11-20(21)30-4)24-23(27)19-14-32-22(25-19)12-15(2)3/h6-11,13-15,26H,5,12H2,1-4H3,(H,24,27). The van der Waals surface area contributed by atoms with Crippen LogP contribution in [0.25, 0.3) is 0 Å². The van der Waals surface area contributed by atoms with Crippen LogP contribution in [0.4, 0.5) is 11.4 Å². The molecule has 3 aromatic rings. The summed E-state index contributed by atoms with van der Waals surface area (Å²) < 4.78 is 39.3. The van der Waals surface area contributed by atoms with Gasteiger partial charge < -0.3 is 14.8 Å². The summed E-state index contributed by atoms with van der Waals surface area (Å²) in [4.78, 5) is 16.9. The van der Waals surface area contributed by atoms with Gasteiger partial charge >= 0.3 is 0 Å². The summed E-state index contributed by atoms with van der Waals surface area (Å²) >= 11 is 1.43. The number of hydrogen-bond donors (Lipinski definition) is 2. The summed E-state index contributed by atoms with van der Waals surface area (Å²) in [5.41, 5.74) is 0.977. The summed E-state index contributed by atoms with van der Waals surface area (Å²) in [6.07, 6.45) is 0.792. The van der Waals surface area contributed by atoms with Gasteiger partial charge in [-0.25, -0.2) is 13.4 Å². The maximum atomic E-state index is 13.1. The van der Waals surface area contributed by atoms with Gasteiger partial charge in [-0.2, -0.15) is 0 Å². The summed E-state index contributed by atoms with van der Waals surface area (Å²) in [6, 6.07) is 11.0. The minimum absolute atomic E-state index is 0.101. The smallest absolute Gasteiger partial charge is 0.275 e. The van der Waals surface area contributed by atoms with E-state index >= 15 is 0 Å². The van der Waals surface area contributed by atoms with Gasteiger partial charge in [0.05, 0.1) is 18.7 Å². The van der Waals surface area contributed by atoms with E-state index < -0.39 is 15.9 Å². The summed E-state index contributed by atoms with van der Waals surface area (Å²) in [6.45, 7) is 6.55. The van der Waals surface area contributed by atoms with Crippen molar-refractivity contribution in [1.82, 2.24) is 4.98 Å². The van der Waals surface area contributed by atoms with Crippen LogP contribution in [-0.4, -0.2) is 33.0 Å². The lowest BCUT2D eigenvalue weighted by molar-refractivity contribution is 0.102. The molecule has 1 heterocycles. The summed E-state index contributed by atoms with van der Waals surface area (Å²) in [7, 11) is -2.61. The normalized spacial score (nSPS) is 11.3. The maximum absolute atomic E-state index is 13.1. The Kier molecular flexibility index (Phi) is 7.93. The number of amides is 1. The minimum atomic E-state index is -3.99. The molecule has 2 aromatic carbocycles. The van der Waals surface area contributed by atoms with E-state index in [9.17, 15) is 13.2 Å². The molecular formula is C23H27N3O5S2. The van der Waals surface area contributed by atoms with E-state index in [-0.39, 0.29) is 10.6 Å². The van der Waals surface area contributed by atoms with E-state index in [1.54, 1.807) is 35.7 Å². The fourth-order valence-electron chi connectivity index (χ4n) is 3.01. The molecule has 0 aliphatic rings. The van der Waals surface area contributed by atoms with Gasteiger partial charge in [0.15, 0.2) is 0 Å². The number of rotatable bonds is 10. The quantitative estimate of drug-likeness (QED) is 0.424. The van der Waals surface area contributed by atoms with Crippen LogP contribution in [0.3, 0.4) is 0 Å². The number of thiazole rings is 1. The average Bonchev–Trinajstić information content (AvgIpc) is 3.23. The number of carbonyl (C=O) groups excluding carboxylic acids is 1. The molecule has 1 amide bonds. The van der Waals surface area contributed by atoms with Gasteiger partial charge in [0.25, 0.3) is 15.9 Å². The topological polar surface area (TPSA) is 107 Å². The van der Waals surface area contributed by atoms with Crippen molar-refractivity contribution in [2.24, 2.45) is 5.92 Å². The molecule has 0 unspecified atom stereocenters. The lowest BCUT2D eigenvalue weighted by Crippen LogP contribution is -2.16. The zero-order chi connectivity index (χ0) is 24.0. The second kappa shape index (κ2) is 10.7. The van der Waals surface area contributed by atoms with Gasteiger partial charge in [0, 0.05) is 23.2 Å². The van der Waals surface area contributed by atoms with Crippen molar-refractivity contribution in [3.8, 4) is 11.5 Å². The van der Waals surface area contributed by atoms with Crippen LogP contribution < -0.4 is 19.5 Å². The molecule has 0 bridgehead atoms. The van der Waals surface area contributed by atoms with Crippen LogP contribution in [-0.2, 0) is 16.4 Å². The van der Waals surface area contributed by atoms with E-state index in [2.05, 4.69) is 28.9 Å². The molecule has 0 fully saturated rings. The molecule has 8 nitrogen and oxygen atoms in total. The predicted molar refractivity (Wildman–Crippen MR) is 130 cm³/mol. The molecule has 3 rings (SSSR count). The van der Waals surface area contributed by atoms with Gasteiger partial charge in [-0.3, -0.25) is 9.52 Å². The number of hydrogen-bond acceptors (Lipinski definition) is 7. The van der Waals surface area contributed by atoms with Gasteiger partial charge in [-0.15, -0.1) is 11.3 Å². The molecule has 0 aliphatic heterocycles. The van der Waals surface area contributed by atoms with Gasteiger partial charge in [0.1, 0.15) is 22.1 Å². The molecule has 0 radical (unpaired) electrons. The first kappa shape index (κ1) is 24.5. The Labute approximate surface area is 198 Å². The second-order valence-corrected chi connectivity index (χ2v) is 10.2. The Hall–Kier alpha value is -3.11. The number of ether oxygens (including phenoxy) is 2. The number of nitrogens with zero attached hydrogens (tertiary/aromatic N) is 1. The van der Waals surface area contributed by atoms with Crippen molar-refractivity contribution < 1.29 is 22.7 Å². The van der Waals surface area contributed by atoms with E-state index in [1.807, 2.05) is 6.92 Å². The lowest BCUT2D eigenvalue weighted by atomic mass is 10.1. The van der Waals surface area contributed by atoms with Crippen molar-refractivity contribution >= 4 is 38.6 Å². The highest BCUT2D eigenvalue weighted by molar-refractivity contribution is 7.92. The second-order valence-electron chi connectivity index (χ2n) is 7.61. The molecule has 0 saturated carbocycles. The number of sulfonamides is 1. The molecular weight excluding hydrogens is 462 g/mol. The molecule has 1 aromatic heterocycles. The minimum Gasteiger partial charge on any atom is -0.495 e. The number of benzene rings is 2. The number of methoxy groups -OCH3 is 1. The third-order valence-electron chi connectivity index (χ3n) is 4.50. The molecule has 0 aliphatic carbocycles. The van der Waals surface area contributed by atoms with Crippen LogP contribution in [0, 0.1) is 5.92 Å². The molecule has 0 atom stereocenters. The van der Waals surface area contributed by atoms with Crippen LogP contribution in [0.2, 0.25) is 0 Å². The Bertz CT molecular complexity index is 1210. The highest BCUT2D eigenvalue weighted by atomic mass is 32.2. The predicted octanol–water partition coefficient (Wildman–Crippen LogP) is 4.80. The Morgan fingerprint density at radius 1 is 1.12 bits per heavy atom. The van der Waals surface area contributed by atoms with Gasteiger partial charge in [-0.1, -0.05) is 13.8 Å². The SMILES string of the molecule is CCOc1ccc(NS(=O)(=O)c2cc(NC(=O)c3csc(CC(C)C)n3)ccc2OC)cc1. The average molecular weight is 490 g/mol. The van der Waals surface area contributed by atoms with E-state index in [0.717, 1.165) is 11.4 Å². The van der Waals surface area contributed by atoms with Crippen LogP contribution >= 0.6 is 11.3 Å². The molecule has 10 heteroatoms. The Morgan fingerprint density at radius 3 is 2.45 bits per heavy atom. The first-order chi connectivity index (χ1) is 15.7. The Morgan fingerprint density at radius 2 is 1.82 bits per heavy atom. The van der Waals surface area contributed by atoms with Crippen LogP contribution in [0.1, 0.15) is 36.3 Å². The maximum Gasteiger partial charge on any atom is 0.275 e. The molecule has 0 saturated heterocycles. The molecule has 176 valence electrons. The van der Waals surface area contributed by atoms with E-state index in [0.29, 0.717) is 35.3 Å². The zero-order valence-electron chi connectivity index (χ0n) is 18.9. The van der Waals surface area contributed by atoms with Crippen molar-refractivity contribution in [2.45, 2.75) is 32.1 Å². The number of nitrogens with one attached hydrogen (secondary N) is 2. The first-order valence-electron chi connectivity index (χ1n) is 10.4. The molecule has 33 heavy (non-hydrogen) atoms. The van der Waals surface area contributed by atoms with Crippen molar-refractivity contribution in [3.05, 3.63) is 58.5 Å². The van der Waals surface area contributed by atoms with Crippen LogP contribution in [0.15, 0.2) is 52.7 Å². The van der Waals surface area contributed by atoms with Crippen LogP contribution in [0.5, 0.6) is 11.5 Å². The Balaban J connectivity index is 1.80. The van der Waals surface area contributed by atoms with Crippen molar-refractivity contribution in [1.29, 1.82) is 0 Å². The monoisotopic (exact) mass is 489 g/mol. The summed E-state index contributed by atoms with van der Waals surface area (Å²) in [5.74, 6) is 0.819. The number of aromatic nitrogens is 1. The van der Waals surface area contributed by atoms with Crippen molar-refractivity contribution in [2.75, 3.05) is 23.8 Å². The number of carbonyl (C=O) groups is 1. The third-order valence-corrected chi connectivity index (χ3v) is 6.77. The zero-order valence-corrected chi connectivity index (χ0v) is 20.5. The summed E-state index contributed by atoms with van der Waals surface area (Å²) in [5, 5.41) is 5.29. The van der Waals surface area contributed by atoms with E-state index in [4.69, 9.17) is 9.47 Å². The van der Waals surface area contributed by atoms with Gasteiger partial charge in [0.2, 0.25) is 0 Å². The molecule has 2 N–H and O–H groups in total. The van der Waals surface area contributed by atoms with Gasteiger partial charge in [-0.05, 0) is 55.3 Å². The number of anilines is 2. The lowest BCUT2D eigenvalue weighted by Gasteiger charge is -2.14. The van der Waals surface area contributed by atoms with Crippen molar-refractivity contribution in [3.63, 3.8) is 0 Å². The largest absolute Gasteiger partial charge is 0.495 e.